The van der Waals surface area contributed by atoms with Gasteiger partial charge in [0.15, 0.2) is 5.58 Å². The third-order valence-electron chi connectivity index (χ3n) is 4.45. The first-order valence-corrected chi connectivity index (χ1v) is 9.65. The molecule has 0 aliphatic carbocycles. The van der Waals surface area contributed by atoms with Crippen LogP contribution in [0.4, 0.5) is 5.69 Å². The number of benzene rings is 3. The second-order valence-corrected chi connectivity index (χ2v) is 7.08. The van der Waals surface area contributed by atoms with E-state index in [1.807, 2.05) is 38.1 Å². The number of ether oxygens (including phenoxy) is 2. The van der Waals surface area contributed by atoms with Gasteiger partial charge in [-0.05, 0) is 74.5 Å². The van der Waals surface area contributed by atoms with Gasteiger partial charge >= 0.3 is 0 Å². The molecule has 6 nitrogen and oxygen atoms in total. The number of rotatable bonds is 6. The molecule has 1 aromatic heterocycles. The van der Waals surface area contributed by atoms with Crippen LogP contribution in [0.25, 0.3) is 22.6 Å². The van der Waals surface area contributed by atoms with Crippen molar-refractivity contribution in [2.24, 2.45) is 0 Å². The molecule has 0 unspecified atom stereocenters. The van der Waals surface area contributed by atoms with Gasteiger partial charge in [0.2, 0.25) is 5.89 Å². The standard InChI is InChI=1S/C24H22N2O4/c1-15(2)29-19-10-7-16(8-11-19)23(27)25-18-9-12-22-21(14-18)26-24(30-22)17-5-4-6-20(13-17)28-3/h4-15H,1-3H3,(H,25,27). The van der Waals surface area contributed by atoms with Gasteiger partial charge in [-0.1, -0.05) is 6.07 Å². The Morgan fingerprint density at radius 1 is 1.00 bits per heavy atom. The lowest BCUT2D eigenvalue weighted by molar-refractivity contribution is 0.102. The van der Waals surface area contributed by atoms with Crippen LogP contribution < -0.4 is 14.8 Å². The van der Waals surface area contributed by atoms with Crippen molar-refractivity contribution in [1.29, 1.82) is 0 Å². The van der Waals surface area contributed by atoms with E-state index in [-0.39, 0.29) is 12.0 Å². The molecule has 4 aromatic rings. The molecule has 1 heterocycles. The van der Waals surface area contributed by atoms with Crippen LogP contribution in [0, 0.1) is 0 Å². The summed E-state index contributed by atoms with van der Waals surface area (Å²) in [6.45, 7) is 3.92. The number of anilines is 1. The number of hydrogen-bond acceptors (Lipinski definition) is 5. The molecule has 3 aromatic carbocycles. The Morgan fingerprint density at radius 2 is 1.80 bits per heavy atom. The molecule has 1 amide bonds. The summed E-state index contributed by atoms with van der Waals surface area (Å²) in [5.74, 6) is 1.75. The number of methoxy groups -OCH3 is 1. The van der Waals surface area contributed by atoms with Crippen LogP contribution >= 0.6 is 0 Å². The number of oxazole rings is 1. The zero-order valence-electron chi connectivity index (χ0n) is 17.0. The number of aromatic nitrogens is 1. The lowest BCUT2D eigenvalue weighted by Crippen LogP contribution is -2.12. The van der Waals surface area contributed by atoms with E-state index in [1.165, 1.54) is 0 Å². The highest BCUT2D eigenvalue weighted by Gasteiger charge is 2.12. The number of carbonyl (C=O) groups excluding carboxylic acids is 1. The fourth-order valence-corrected chi connectivity index (χ4v) is 3.05. The molecule has 0 fully saturated rings. The molecule has 0 saturated carbocycles. The first-order valence-electron chi connectivity index (χ1n) is 9.65. The molecule has 0 aliphatic heterocycles. The summed E-state index contributed by atoms with van der Waals surface area (Å²) in [7, 11) is 1.62. The van der Waals surface area contributed by atoms with E-state index in [4.69, 9.17) is 13.9 Å². The maximum Gasteiger partial charge on any atom is 0.255 e. The van der Waals surface area contributed by atoms with Gasteiger partial charge in [-0.15, -0.1) is 0 Å². The normalized spacial score (nSPS) is 10.9. The Balaban J connectivity index is 1.52. The summed E-state index contributed by atoms with van der Waals surface area (Å²) >= 11 is 0. The minimum Gasteiger partial charge on any atom is -0.497 e. The molecular formula is C24H22N2O4. The lowest BCUT2D eigenvalue weighted by atomic mass is 10.2. The predicted molar refractivity (Wildman–Crippen MR) is 116 cm³/mol. The minimum absolute atomic E-state index is 0.0840. The molecule has 30 heavy (non-hydrogen) atoms. The van der Waals surface area contributed by atoms with Gasteiger partial charge in [-0.3, -0.25) is 4.79 Å². The van der Waals surface area contributed by atoms with Crippen molar-refractivity contribution in [1.82, 2.24) is 4.98 Å². The molecule has 1 N–H and O–H groups in total. The summed E-state index contributed by atoms with van der Waals surface area (Å²) < 4.78 is 16.7. The van der Waals surface area contributed by atoms with E-state index in [2.05, 4.69) is 10.3 Å². The average Bonchev–Trinajstić information content (AvgIpc) is 3.17. The molecule has 0 spiro atoms. The van der Waals surface area contributed by atoms with Gasteiger partial charge in [0, 0.05) is 16.8 Å². The summed E-state index contributed by atoms with van der Waals surface area (Å²) in [6, 6.07) is 19.9. The molecule has 0 atom stereocenters. The van der Waals surface area contributed by atoms with E-state index >= 15 is 0 Å². The first kappa shape index (κ1) is 19.5. The van der Waals surface area contributed by atoms with E-state index in [1.54, 1.807) is 49.6 Å². The van der Waals surface area contributed by atoms with Gasteiger partial charge in [0.25, 0.3) is 5.91 Å². The van der Waals surface area contributed by atoms with Crippen LogP contribution in [0.1, 0.15) is 24.2 Å². The fourth-order valence-electron chi connectivity index (χ4n) is 3.05. The number of fused-ring (bicyclic) bond motifs is 1. The van der Waals surface area contributed by atoms with Gasteiger partial charge in [-0.25, -0.2) is 4.98 Å². The van der Waals surface area contributed by atoms with Crippen LogP contribution in [0.2, 0.25) is 0 Å². The molecule has 4 rings (SSSR count). The fraction of sp³-hybridized carbons (Fsp3) is 0.167. The number of hydrogen-bond donors (Lipinski definition) is 1. The minimum atomic E-state index is -0.207. The highest BCUT2D eigenvalue weighted by atomic mass is 16.5. The number of amides is 1. The molecule has 0 saturated heterocycles. The van der Waals surface area contributed by atoms with Crippen LogP contribution in [-0.4, -0.2) is 24.1 Å². The number of nitrogens with zero attached hydrogens (tertiary/aromatic N) is 1. The predicted octanol–water partition coefficient (Wildman–Crippen LogP) is 5.54. The van der Waals surface area contributed by atoms with Crippen molar-refractivity contribution >= 4 is 22.7 Å². The monoisotopic (exact) mass is 402 g/mol. The first-order chi connectivity index (χ1) is 14.5. The average molecular weight is 402 g/mol. The quantitative estimate of drug-likeness (QED) is 0.458. The summed E-state index contributed by atoms with van der Waals surface area (Å²) in [5, 5.41) is 2.90. The molecule has 6 heteroatoms. The van der Waals surface area contributed by atoms with Crippen molar-refractivity contribution < 1.29 is 18.7 Å². The molecule has 0 aliphatic rings. The van der Waals surface area contributed by atoms with E-state index in [9.17, 15) is 4.79 Å². The Hall–Kier alpha value is -3.80. The number of nitrogens with one attached hydrogen (secondary N) is 1. The van der Waals surface area contributed by atoms with Gasteiger partial charge in [0.1, 0.15) is 17.0 Å². The third-order valence-corrected chi connectivity index (χ3v) is 4.45. The van der Waals surface area contributed by atoms with Crippen molar-refractivity contribution in [2.75, 3.05) is 12.4 Å². The van der Waals surface area contributed by atoms with Crippen molar-refractivity contribution in [3.63, 3.8) is 0 Å². The van der Waals surface area contributed by atoms with Gasteiger partial charge < -0.3 is 19.2 Å². The second-order valence-electron chi connectivity index (χ2n) is 7.08. The van der Waals surface area contributed by atoms with Gasteiger partial charge in [0.05, 0.1) is 13.2 Å². The molecule has 0 radical (unpaired) electrons. The zero-order chi connectivity index (χ0) is 21.1. The van der Waals surface area contributed by atoms with E-state index in [0.717, 1.165) is 17.1 Å². The van der Waals surface area contributed by atoms with Crippen LogP contribution in [0.15, 0.2) is 71.1 Å². The van der Waals surface area contributed by atoms with E-state index in [0.29, 0.717) is 28.2 Å². The maximum absolute atomic E-state index is 12.6. The Bertz CT molecular complexity index is 1180. The lowest BCUT2D eigenvalue weighted by Gasteiger charge is -2.10. The van der Waals surface area contributed by atoms with Gasteiger partial charge in [-0.2, -0.15) is 0 Å². The molecular weight excluding hydrogens is 380 g/mol. The Labute approximate surface area is 174 Å². The zero-order valence-corrected chi connectivity index (χ0v) is 17.0. The molecule has 152 valence electrons. The topological polar surface area (TPSA) is 73.6 Å². The Morgan fingerprint density at radius 3 is 2.53 bits per heavy atom. The Kier molecular flexibility index (Phi) is 5.39. The third kappa shape index (κ3) is 4.27. The van der Waals surface area contributed by atoms with Crippen molar-refractivity contribution in [3.8, 4) is 23.0 Å². The summed E-state index contributed by atoms with van der Waals surface area (Å²) in [4.78, 5) is 17.1. The molecule has 0 bridgehead atoms. The van der Waals surface area contributed by atoms with Crippen molar-refractivity contribution in [2.45, 2.75) is 20.0 Å². The maximum atomic E-state index is 12.6. The second kappa shape index (κ2) is 8.29. The van der Waals surface area contributed by atoms with Crippen molar-refractivity contribution in [3.05, 3.63) is 72.3 Å². The van der Waals surface area contributed by atoms with E-state index < -0.39 is 0 Å². The highest BCUT2D eigenvalue weighted by Crippen LogP contribution is 2.28. The SMILES string of the molecule is COc1cccc(-c2nc3cc(NC(=O)c4ccc(OC(C)C)cc4)ccc3o2)c1. The van der Waals surface area contributed by atoms with Crippen LogP contribution in [-0.2, 0) is 0 Å². The van der Waals surface area contributed by atoms with Crippen LogP contribution in [0.3, 0.4) is 0 Å². The largest absolute Gasteiger partial charge is 0.497 e. The smallest absolute Gasteiger partial charge is 0.255 e. The number of carbonyl (C=O) groups is 1. The summed E-state index contributed by atoms with van der Waals surface area (Å²) in [6.07, 6.45) is 0.0840. The highest BCUT2D eigenvalue weighted by molar-refractivity contribution is 6.05. The van der Waals surface area contributed by atoms with Crippen LogP contribution in [0.5, 0.6) is 11.5 Å². The summed E-state index contributed by atoms with van der Waals surface area (Å²) in [5.41, 5.74) is 3.30.